The molecular formula is C22H29NO4. The lowest BCUT2D eigenvalue weighted by atomic mass is 10.1. The van der Waals surface area contributed by atoms with E-state index in [0.717, 1.165) is 25.0 Å². The Balaban J connectivity index is 1.75. The number of carbonyl (C=O) groups is 1. The smallest absolute Gasteiger partial charge is 0.260 e. The average molecular weight is 371 g/mol. The van der Waals surface area contributed by atoms with Crippen molar-refractivity contribution in [2.75, 3.05) is 20.3 Å². The minimum atomic E-state index is -0.572. The van der Waals surface area contributed by atoms with Crippen LogP contribution in [0.5, 0.6) is 17.2 Å². The van der Waals surface area contributed by atoms with E-state index < -0.39 is 6.10 Å². The zero-order valence-electron chi connectivity index (χ0n) is 16.4. The Hall–Kier alpha value is -2.69. The standard InChI is InChI=1S/C22H29NO4/c1-4-15-26-21-13-6-5-9-18(21)10-8-14-23-22(24)17(2)27-20-12-7-11-19(16-20)25-3/h5-7,9,11-13,16-17H,4,8,10,14-15H2,1-3H3,(H,23,24)/t17-/m0/s1. The van der Waals surface area contributed by atoms with E-state index in [1.54, 1.807) is 26.2 Å². The predicted octanol–water partition coefficient (Wildman–Crippen LogP) is 4.00. The molecule has 5 nitrogen and oxygen atoms in total. The number of methoxy groups -OCH3 is 1. The third-order valence-corrected chi connectivity index (χ3v) is 4.08. The molecule has 0 aromatic heterocycles. The topological polar surface area (TPSA) is 56.8 Å². The predicted molar refractivity (Wildman–Crippen MR) is 107 cm³/mol. The number of nitrogens with one attached hydrogen (secondary N) is 1. The minimum absolute atomic E-state index is 0.131. The van der Waals surface area contributed by atoms with Crippen molar-refractivity contribution in [2.24, 2.45) is 0 Å². The molecule has 0 fully saturated rings. The fourth-order valence-corrected chi connectivity index (χ4v) is 2.63. The van der Waals surface area contributed by atoms with E-state index in [-0.39, 0.29) is 5.91 Å². The molecule has 0 aliphatic rings. The highest BCUT2D eigenvalue weighted by Crippen LogP contribution is 2.21. The van der Waals surface area contributed by atoms with Gasteiger partial charge in [0.25, 0.3) is 5.91 Å². The first-order valence-electron chi connectivity index (χ1n) is 9.43. The van der Waals surface area contributed by atoms with Crippen LogP contribution in [0.2, 0.25) is 0 Å². The maximum atomic E-state index is 12.2. The normalized spacial score (nSPS) is 11.5. The second-order valence-corrected chi connectivity index (χ2v) is 6.29. The summed E-state index contributed by atoms with van der Waals surface area (Å²) >= 11 is 0. The quantitative estimate of drug-likeness (QED) is 0.607. The number of hydrogen-bond acceptors (Lipinski definition) is 4. The van der Waals surface area contributed by atoms with Crippen LogP contribution >= 0.6 is 0 Å². The molecule has 2 aromatic rings. The fourth-order valence-electron chi connectivity index (χ4n) is 2.63. The summed E-state index contributed by atoms with van der Waals surface area (Å²) in [4.78, 5) is 12.2. The third kappa shape index (κ3) is 6.85. The van der Waals surface area contributed by atoms with Crippen molar-refractivity contribution in [3.8, 4) is 17.2 Å². The van der Waals surface area contributed by atoms with Crippen LogP contribution in [0.3, 0.4) is 0 Å². The molecular weight excluding hydrogens is 342 g/mol. The molecule has 146 valence electrons. The number of rotatable bonds is 11. The van der Waals surface area contributed by atoms with Gasteiger partial charge in [-0.2, -0.15) is 0 Å². The van der Waals surface area contributed by atoms with Crippen LogP contribution < -0.4 is 19.5 Å². The first-order valence-corrected chi connectivity index (χ1v) is 9.43. The number of amides is 1. The van der Waals surface area contributed by atoms with Crippen LogP contribution in [0.1, 0.15) is 32.3 Å². The highest BCUT2D eigenvalue weighted by atomic mass is 16.5. The highest BCUT2D eigenvalue weighted by molar-refractivity contribution is 5.80. The summed E-state index contributed by atoms with van der Waals surface area (Å²) in [5.74, 6) is 2.11. The van der Waals surface area contributed by atoms with E-state index in [1.165, 1.54) is 5.56 Å². The van der Waals surface area contributed by atoms with Crippen LogP contribution in [-0.2, 0) is 11.2 Å². The maximum Gasteiger partial charge on any atom is 0.260 e. The second kappa shape index (κ2) is 11.1. The Bertz CT molecular complexity index is 717. The molecule has 0 bridgehead atoms. The van der Waals surface area contributed by atoms with Gasteiger partial charge in [0.05, 0.1) is 13.7 Å². The molecule has 27 heavy (non-hydrogen) atoms. The van der Waals surface area contributed by atoms with Gasteiger partial charge in [-0.05, 0) is 49.9 Å². The van der Waals surface area contributed by atoms with Crippen LogP contribution in [0.25, 0.3) is 0 Å². The van der Waals surface area contributed by atoms with E-state index in [1.807, 2.05) is 30.3 Å². The highest BCUT2D eigenvalue weighted by Gasteiger charge is 2.14. The number of benzene rings is 2. The molecule has 0 heterocycles. The molecule has 1 amide bonds. The number of para-hydroxylation sites is 1. The van der Waals surface area contributed by atoms with Crippen molar-refractivity contribution in [2.45, 2.75) is 39.2 Å². The maximum absolute atomic E-state index is 12.2. The summed E-state index contributed by atoms with van der Waals surface area (Å²) in [5.41, 5.74) is 1.17. The molecule has 2 aromatic carbocycles. The molecule has 0 saturated heterocycles. The lowest BCUT2D eigenvalue weighted by molar-refractivity contribution is -0.127. The summed E-state index contributed by atoms with van der Waals surface area (Å²) in [6.45, 7) is 5.13. The molecule has 0 saturated carbocycles. The first kappa shape index (κ1) is 20.6. The molecule has 0 spiro atoms. The fraction of sp³-hybridized carbons (Fsp3) is 0.409. The lowest BCUT2D eigenvalue weighted by Gasteiger charge is -2.15. The van der Waals surface area contributed by atoms with E-state index in [4.69, 9.17) is 14.2 Å². The Kier molecular flexibility index (Phi) is 8.49. The zero-order chi connectivity index (χ0) is 19.5. The Morgan fingerprint density at radius 3 is 2.67 bits per heavy atom. The van der Waals surface area contributed by atoms with Crippen molar-refractivity contribution in [3.63, 3.8) is 0 Å². The van der Waals surface area contributed by atoms with E-state index in [2.05, 4.69) is 18.3 Å². The molecule has 2 rings (SSSR count). The summed E-state index contributed by atoms with van der Waals surface area (Å²) in [6, 6.07) is 15.3. The Morgan fingerprint density at radius 2 is 1.89 bits per heavy atom. The largest absolute Gasteiger partial charge is 0.497 e. The SMILES string of the molecule is CCCOc1ccccc1CCCNC(=O)[C@H](C)Oc1cccc(OC)c1. The summed E-state index contributed by atoms with van der Waals surface area (Å²) < 4.78 is 16.6. The zero-order valence-corrected chi connectivity index (χ0v) is 16.4. The molecule has 0 radical (unpaired) electrons. The molecule has 1 atom stereocenters. The van der Waals surface area contributed by atoms with Gasteiger partial charge in [0, 0.05) is 12.6 Å². The van der Waals surface area contributed by atoms with Crippen molar-refractivity contribution in [1.82, 2.24) is 5.32 Å². The van der Waals surface area contributed by atoms with E-state index >= 15 is 0 Å². The van der Waals surface area contributed by atoms with Gasteiger partial charge in [-0.25, -0.2) is 0 Å². The third-order valence-electron chi connectivity index (χ3n) is 4.08. The van der Waals surface area contributed by atoms with Crippen LogP contribution in [0.4, 0.5) is 0 Å². The number of hydrogen-bond donors (Lipinski definition) is 1. The minimum Gasteiger partial charge on any atom is -0.497 e. The number of ether oxygens (including phenoxy) is 3. The van der Waals surface area contributed by atoms with Gasteiger partial charge < -0.3 is 19.5 Å². The van der Waals surface area contributed by atoms with Gasteiger partial charge >= 0.3 is 0 Å². The van der Waals surface area contributed by atoms with Crippen LogP contribution in [0.15, 0.2) is 48.5 Å². The van der Waals surface area contributed by atoms with Crippen LogP contribution in [0, 0.1) is 0 Å². The van der Waals surface area contributed by atoms with Gasteiger partial charge in [0.15, 0.2) is 6.10 Å². The van der Waals surface area contributed by atoms with Crippen molar-refractivity contribution < 1.29 is 19.0 Å². The van der Waals surface area contributed by atoms with Crippen LogP contribution in [-0.4, -0.2) is 32.3 Å². The lowest BCUT2D eigenvalue weighted by Crippen LogP contribution is -2.36. The summed E-state index contributed by atoms with van der Waals surface area (Å²) in [6.07, 6.45) is 2.10. The summed E-state index contributed by atoms with van der Waals surface area (Å²) in [7, 11) is 1.60. The van der Waals surface area contributed by atoms with Gasteiger partial charge in [0.2, 0.25) is 0 Å². The summed E-state index contributed by atoms with van der Waals surface area (Å²) in [5, 5.41) is 2.93. The van der Waals surface area contributed by atoms with E-state index in [9.17, 15) is 4.79 Å². The monoisotopic (exact) mass is 371 g/mol. The number of carbonyl (C=O) groups excluding carboxylic acids is 1. The molecule has 5 heteroatoms. The van der Waals surface area contributed by atoms with Gasteiger partial charge in [-0.3, -0.25) is 4.79 Å². The molecule has 1 N–H and O–H groups in total. The van der Waals surface area contributed by atoms with Crippen molar-refractivity contribution >= 4 is 5.91 Å². The molecule has 0 unspecified atom stereocenters. The Morgan fingerprint density at radius 1 is 1.11 bits per heavy atom. The van der Waals surface area contributed by atoms with Gasteiger partial charge in [-0.15, -0.1) is 0 Å². The number of aryl methyl sites for hydroxylation is 1. The Labute approximate surface area is 161 Å². The molecule has 0 aliphatic heterocycles. The molecule has 0 aliphatic carbocycles. The van der Waals surface area contributed by atoms with Gasteiger partial charge in [-0.1, -0.05) is 31.2 Å². The van der Waals surface area contributed by atoms with Crippen molar-refractivity contribution in [1.29, 1.82) is 0 Å². The second-order valence-electron chi connectivity index (χ2n) is 6.29. The van der Waals surface area contributed by atoms with Gasteiger partial charge in [0.1, 0.15) is 17.2 Å². The van der Waals surface area contributed by atoms with E-state index in [0.29, 0.717) is 24.7 Å². The average Bonchev–Trinajstić information content (AvgIpc) is 2.70. The van der Waals surface area contributed by atoms with Crippen molar-refractivity contribution in [3.05, 3.63) is 54.1 Å². The first-order chi connectivity index (χ1) is 13.1.